The van der Waals surface area contributed by atoms with Gasteiger partial charge in [0, 0.05) is 29.2 Å². The highest BCUT2D eigenvalue weighted by Crippen LogP contribution is 2.20. The second-order valence-corrected chi connectivity index (χ2v) is 4.23. The number of nitrogens with one attached hydrogen (secondary N) is 1. The molecule has 6 heteroatoms. The maximum absolute atomic E-state index is 8.28. The second-order valence-electron chi connectivity index (χ2n) is 4.23. The van der Waals surface area contributed by atoms with Crippen molar-refractivity contribution in [1.82, 2.24) is 20.0 Å². The molecule has 0 spiro atoms. The Morgan fingerprint density at radius 1 is 1.10 bits per heavy atom. The lowest BCUT2D eigenvalue weighted by Crippen LogP contribution is -2.07. The van der Waals surface area contributed by atoms with Gasteiger partial charge in [0.1, 0.15) is 0 Å². The van der Waals surface area contributed by atoms with Crippen LogP contribution in [0.15, 0.2) is 55.1 Å². The first kappa shape index (κ1) is 12.0. The number of hydrogen-bond acceptors (Lipinski definition) is 5. The zero-order valence-corrected chi connectivity index (χ0v) is 10.6. The van der Waals surface area contributed by atoms with Crippen LogP contribution in [0.1, 0.15) is 11.1 Å². The average molecular weight is 264 g/mol. The molecule has 2 aromatic heterocycles. The maximum atomic E-state index is 8.28. The van der Waals surface area contributed by atoms with Gasteiger partial charge in [-0.15, -0.1) is 5.10 Å². The van der Waals surface area contributed by atoms with E-state index in [1.807, 2.05) is 12.1 Å². The molecule has 1 aromatic carbocycles. The highest BCUT2D eigenvalue weighted by atomic mass is 15.4. The van der Waals surface area contributed by atoms with Crippen molar-refractivity contribution in [1.29, 1.82) is 5.41 Å². The number of aromatic nitrogens is 4. The predicted molar refractivity (Wildman–Crippen MR) is 75.9 cm³/mol. The first-order chi connectivity index (χ1) is 9.75. The minimum absolute atomic E-state index is 0.354. The van der Waals surface area contributed by atoms with Crippen molar-refractivity contribution >= 4 is 11.4 Å². The summed E-state index contributed by atoms with van der Waals surface area (Å²) in [6.45, 7) is 0. The second kappa shape index (κ2) is 4.93. The Morgan fingerprint density at radius 2 is 1.90 bits per heavy atom. The van der Waals surface area contributed by atoms with E-state index < -0.39 is 0 Å². The summed E-state index contributed by atoms with van der Waals surface area (Å²) in [7, 11) is 0. The Hall–Kier alpha value is -3.02. The lowest BCUT2D eigenvalue weighted by Gasteiger charge is -2.10. The molecule has 0 unspecified atom stereocenters. The van der Waals surface area contributed by atoms with Gasteiger partial charge in [-0.2, -0.15) is 0 Å². The highest BCUT2D eigenvalue weighted by molar-refractivity contribution is 6.14. The van der Waals surface area contributed by atoms with E-state index in [0.717, 1.165) is 11.3 Å². The monoisotopic (exact) mass is 264 g/mol. The predicted octanol–water partition coefficient (Wildman–Crippen LogP) is 1.66. The van der Waals surface area contributed by atoms with E-state index >= 15 is 0 Å². The Morgan fingerprint density at radius 3 is 2.60 bits per heavy atom. The minimum atomic E-state index is 0.354. The summed E-state index contributed by atoms with van der Waals surface area (Å²) >= 11 is 0. The molecule has 0 saturated heterocycles. The molecule has 0 aliphatic heterocycles. The van der Waals surface area contributed by atoms with Crippen LogP contribution in [0, 0.1) is 5.41 Å². The largest absolute Gasteiger partial charge is 0.398 e. The van der Waals surface area contributed by atoms with E-state index in [2.05, 4.69) is 15.3 Å². The molecular formula is C14H12N6. The molecule has 0 radical (unpaired) electrons. The SMILES string of the molecule is N=C(c1ccncc1)c1cc(-n2ccnn2)ccc1N. The molecule has 0 amide bonds. The van der Waals surface area contributed by atoms with Crippen LogP contribution in [0.3, 0.4) is 0 Å². The van der Waals surface area contributed by atoms with Crippen LogP contribution in [0.25, 0.3) is 5.69 Å². The zero-order valence-electron chi connectivity index (χ0n) is 10.6. The fourth-order valence-corrected chi connectivity index (χ4v) is 1.92. The van der Waals surface area contributed by atoms with E-state index in [1.54, 1.807) is 47.7 Å². The van der Waals surface area contributed by atoms with Crippen molar-refractivity contribution in [3.8, 4) is 5.69 Å². The van der Waals surface area contributed by atoms with E-state index in [9.17, 15) is 0 Å². The number of benzene rings is 1. The molecule has 0 fully saturated rings. The van der Waals surface area contributed by atoms with Gasteiger partial charge >= 0.3 is 0 Å². The topological polar surface area (TPSA) is 93.5 Å². The van der Waals surface area contributed by atoms with Crippen molar-refractivity contribution in [2.75, 3.05) is 5.73 Å². The first-order valence-electron chi connectivity index (χ1n) is 6.01. The molecule has 98 valence electrons. The quantitative estimate of drug-likeness (QED) is 0.555. The van der Waals surface area contributed by atoms with Crippen LogP contribution in [0.5, 0.6) is 0 Å². The van der Waals surface area contributed by atoms with Gasteiger partial charge in [-0.25, -0.2) is 4.68 Å². The van der Waals surface area contributed by atoms with Crippen LogP contribution < -0.4 is 5.73 Å². The molecule has 0 atom stereocenters. The van der Waals surface area contributed by atoms with Gasteiger partial charge in [0.15, 0.2) is 0 Å². The van der Waals surface area contributed by atoms with Crippen molar-refractivity contribution in [3.05, 3.63) is 66.2 Å². The van der Waals surface area contributed by atoms with Gasteiger partial charge in [-0.3, -0.25) is 10.4 Å². The Labute approximate surface area is 115 Å². The minimum Gasteiger partial charge on any atom is -0.398 e. The van der Waals surface area contributed by atoms with Gasteiger partial charge in [0.2, 0.25) is 0 Å². The van der Waals surface area contributed by atoms with Crippen LogP contribution in [0.2, 0.25) is 0 Å². The third-order valence-corrected chi connectivity index (χ3v) is 2.96. The van der Waals surface area contributed by atoms with Crippen LogP contribution >= 0.6 is 0 Å². The summed E-state index contributed by atoms with van der Waals surface area (Å²) in [5, 5.41) is 16.0. The standard InChI is InChI=1S/C14H12N6/c15-13-2-1-11(20-8-7-18-19-20)9-12(13)14(16)10-3-5-17-6-4-10/h1-9,16H,15H2. The Bertz CT molecular complexity index is 734. The fraction of sp³-hybridized carbons (Fsp3) is 0. The zero-order chi connectivity index (χ0) is 13.9. The highest BCUT2D eigenvalue weighted by Gasteiger charge is 2.10. The van der Waals surface area contributed by atoms with E-state index in [4.69, 9.17) is 11.1 Å². The molecule has 2 heterocycles. The van der Waals surface area contributed by atoms with Crippen LogP contribution in [0.4, 0.5) is 5.69 Å². The van der Waals surface area contributed by atoms with Gasteiger partial charge < -0.3 is 5.73 Å². The lowest BCUT2D eigenvalue weighted by atomic mass is 10.0. The van der Waals surface area contributed by atoms with E-state index in [-0.39, 0.29) is 0 Å². The summed E-state index contributed by atoms with van der Waals surface area (Å²) in [6.07, 6.45) is 6.65. The van der Waals surface area contributed by atoms with Gasteiger partial charge in [0.05, 0.1) is 23.8 Å². The van der Waals surface area contributed by atoms with Crippen molar-refractivity contribution in [3.63, 3.8) is 0 Å². The van der Waals surface area contributed by atoms with Crippen molar-refractivity contribution < 1.29 is 0 Å². The normalized spacial score (nSPS) is 10.4. The molecule has 0 aliphatic carbocycles. The number of anilines is 1. The number of pyridine rings is 1. The number of nitrogens with zero attached hydrogens (tertiary/aromatic N) is 4. The molecule has 3 N–H and O–H groups in total. The maximum Gasteiger partial charge on any atom is 0.0707 e. The molecule has 0 aliphatic rings. The first-order valence-corrected chi connectivity index (χ1v) is 6.01. The lowest BCUT2D eigenvalue weighted by molar-refractivity contribution is 0.803. The third kappa shape index (κ3) is 2.14. The van der Waals surface area contributed by atoms with Crippen molar-refractivity contribution in [2.24, 2.45) is 0 Å². The fourth-order valence-electron chi connectivity index (χ4n) is 1.92. The van der Waals surface area contributed by atoms with Gasteiger partial charge in [-0.05, 0) is 30.3 Å². The average Bonchev–Trinajstić information content (AvgIpc) is 3.02. The van der Waals surface area contributed by atoms with E-state index in [0.29, 0.717) is 17.0 Å². The Kier molecular flexibility index (Phi) is 2.96. The van der Waals surface area contributed by atoms with Gasteiger partial charge in [-0.1, -0.05) is 5.21 Å². The van der Waals surface area contributed by atoms with E-state index in [1.165, 1.54) is 0 Å². The Balaban J connectivity index is 2.05. The molecular weight excluding hydrogens is 252 g/mol. The summed E-state index contributed by atoms with van der Waals surface area (Å²) in [5.41, 5.74) is 9.12. The smallest absolute Gasteiger partial charge is 0.0707 e. The van der Waals surface area contributed by atoms with Crippen molar-refractivity contribution in [2.45, 2.75) is 0 Å². The number of hydrogen-bond donors (Lipinski definition) is 2. The number of nitrogens with two attached hydrogens (primary N) is 1. The summed E-state index contributed by atoms with van der Waals surface area (Å²) in [5.74, 6) is 0. The van der Waals surface area contributed by atoms with Gasteiger partial charge in [0.25, 0.3) is 0 Å². The number of rotatable bonds is 3. The molecule has 3 aromatic rings. The molecule has 20 heavy (non-hydrogen) atoms. The van der Waals surface area contributed by atoms with Crippen LogP contribution in [-0.4, -0.2) is 25.7 Å². The molecule has 0 saturated carbocycles. The molecule has 0 bridgehead atoms. The number of nitrogen functional groups attached to an aromatic ring is 1. The summed E-state index contributed by atoms with van der Waals surface area (Å²) in [6, 6.07) is 9.00. The molecule has 3 rings (SSSR count). The van der Waals surface area contributed by atoms with Crippen LogP contribution in [-0.2, 0) is 0 Å². The molecule has 6 nitrogen and oxygen atoms in total. The summed E-state index contributed by atoms with van der Waals surface area (Å²) in [4.78, 5) is 3.95. The third-order valence-electron chi connectivity index (χ3n) is 2.96. The summed E-state index contributed by atoms with van der Waals surface area (Å²) < 4.78 is 1.63.